The zero-order valence-corrected chi connectivity index (χ0v) is 14.8. The van der Waals surface area contributed by atoms with Crippen LogP contribution in [0.3, 0.4) is 0 Å². The highest BCUT2D eigenvalue weighted by molar-refractivity contribution is 5.99. The zero-order valence-electron chi connectivity index (χ0n) is 14.8. The summed E-state index contributed by atoms with van der Waals surface area (Å²) in [6.07, 6.45) is 3.87. The maximum Gasteiger partial charge on any atom is 0.289 e. The largest absolute Gasteiger partial charge is 0.451 e. The molecule has 2 aliphatic rings. The summed E-state index contributed by atoms with van der Waals surface area (Å²) in [7, 11) is 0. The summed E-state index contributed by atoms with van der Waals surface area (Å²) >= 11 is 0. The minimum Gasteiger partial charge on any atom is -0.451 e. The first kappa shape index (κ1) is 16.2. The van der Waals surface area contributed by atoms with Crippen LogP contribution in [0.1, 0.15) is 47.4 Å². The molecule has 1 saturated carbocycles. The molecule has 1 aromatic heterocycles. The number of furan rings is 1. The fraction of sp³-hybridized carbons (Fsp3) is 0.500. The number of piperidine rings is 1. The number of nitrogens with one attached hydrogen (secondary N) is 1. The second kappa shape index (κ2) is 6.21. The SMILES string of the molecule is Cc1ccc2oc(C(=O)N3CCC[C@H](C(=O)NC4CC4)C3)c(C)c2c1. The van der Waals surface area contributed by atoms with Crippen LogP contribution in [0.2, 0.25) is 0 Å². The molecule has 0 bridgehead atoms. The molecular formula is C20H24N2O3. The normalized spacial score (nSPS) is 20.7. The van der Waals surface area contributed by atoms with Crippen LogP contribution >= 0.6 is 0 Å². The molecule has 0 radical (unpaired) electrons. The van der Waals surface area contributed by atoms with Gasteiger partial charge in [0.15, 0.2) is 5.76 Å². The number of hydrogen-bond donors (Lipinski definition) is 1. The van der Waals surface area contributed by atoms with Crippen LogP contribution in [-0.2, 0) is 4.79 Å². The first-order valence-corrected chi connectivity index (χ1v) is 9.12. The number of carbonyl (C=O) groups is 2. The van der Waals surface area contributed by atoms with Gasteiger partial charge in [-0.2, -0.15) is 0 Å². The van der Waals surface area contributed by atoms with Gasteiger partial charge in [0.2, 0.25) is 5.91 Å². The van der Waals surface area contributed by atoms with Crippen LogP contribution in [0.25, 0.3) is 11.0 Å². The Morgan fingerprint density at radius 2 is 2.00 bits per heavy atom. The zero-order chi connectivity index (χ0) is 17.6. The van der Waals surface area contributed by atoms with Gasteiger partial charge in [-0.15, -0.1) is 0 Å². The molecule has 25 heavy (non-hydrogen) atoms. The molecule has 2 heterocycles. The molecule has 0 unspecified atom stereocenters. The van der Waals surface area contributed by atoms with Gasteiger partial charge < -0.3 is 14.6 Å². The number of fused-ring (bicyclic) bond motifs is 1. The number of carbonyl (C=O) groups excluding carboxylic acids is 2. The lowest BCUT2D eigenvalue weighted by Crippen LogP contribution is -2.45. The van der Waals surface area contributed by atoms with Gasteiger partial charge in [-0.1, -0.05) is 11.6 Å². The van der Waals surface area contributed by atoms with E-state index in [4.69, 9.17) is 4.42 Å². The maximum atomic E-state index is 13.0. The van der Waals surface area contributed by atoms with Crippen LogP contribution in [-0.4, -0.2) is 35.8 Å². The molecule has 1 N–H and O–H groups in total. The molecule has 2 aromatic rings. The monoisotopic (exact) mass is 340 g/mol. The van der Waals surface area contributed by atoms with Gasteiger partial charge in [-0.05, 0) is 51.7 Å². The average molecular weight is 340 g/mol. The first-order valence-electron chi connectivity index (χ1n) is 9.12. The molecule has 132 valence electrons. The van der Waals surface area contributed by atoms with Gasteiger partial charge in [0.05, 0.1) is 5.92 Å². The molecule has 5 heteroatoms. The van der Waals surface area contributed by atoms with E-state index in [0.717, 1.165) is 47.8 Å². The molecule has 5 nitrogen and oxygen atoms in total. The summed E-state index contributed by atoms with van der Waals surface area (Å²) in [6, 6.07) is 6.31. The molecule has 1 saturated heterocycles. The van der Waals surface area contributed by atoms with Crippen LogP contribution in [0, 0.1) is 19.8 Å². The number of rotatable bonds is 3. The van der Waals surface area contributed by atoms with Crippen LogP contribution in [0.4, 0.5) is 0 Å². The van der Waals surface area contributed by atoms with Crippen LogP contribution in [0.5, 0.6) is 0 Å². The number of likely N-dealkylation sites (tertiary alicyclic amines) is 1. The van der Waals surface area contributed by atoms with Gasteiger partial charge in [-0.3, -0.25) is 9.59 Å². The summed E-state index contributed by atoms with van der Waals surface area (Å²) in [5.41, 5.74) is 2.77. The Bertz CT molecular complexity index is 835. The van der Waals surface area contributed by atoms with Crippen molar-refractivity contribution in [3.63, 3.8) is 0 Å². The van der Waals surface area contributed by atoms with E-state index in [2.05, 4.69) is 5.32 Å². The summed E-state index contributed by atoms with van der Waals surface area (Å²) in [6.45, 7) is 5.12. The van der Waals surface area contributed by atoms with Gasteiger partial charge >= 0.3 is 0 Å². The van der Waals surface area contributed by atoms with Crippen molar-refractivity contribution in [2.75, 3.05) is 13.1 Å². The Kier molecular flexibility index (Phi) is 4.02. The highest BCUT2D eigenvalue weighted by atomic mass is 16.3. The molecular weight excluding hydrogens is 316 g/mol. The smallest absolute Gasteiger partial charge is 0.289 e. The van der Waals surface area contributed by atoms with E-state index in [1.165, 1.54) is 0 Å². The van der Waals surface area contributed by atoms with Crippen molar-refractivity contribution in [1.29, 1.82) is 0 Å². The molecule has 1 aromatic carbocycles. The van der Waals surface area contributed by atoms with Gasteiger partial charge in [-0.25, -0.2) is 0 Å². The third-order valence-corrected chi connectivity index (χ3v) is 5.29. The fourth-order valence-electron chi connectivity index (χ4n) is 3.60. The molecule has 1 atom stereocenters. The molecule has 2 amide bonds. The van der Waals surface area contributed by atoms with Gasteiger partial charge in [0, 0.05) is 30.1 Å². The highest BCUT2D eigenvalue weighted by Crippen LogP contribution is 2.29. The fourth-order valence-corrected chi connectivity index (χ4v) is 3.60. The lowest BCUT2D eigenvalue weighted by Gasteiger charge is -2.31. The van der Waals surface area contributed by atoms with Crippen molar-refractivity contribution in [1.82, 2.24) is 10.2 Å². The Labute approximate surface area is 147 Å². The lowest BCUT2D eigenvalue weighted by atomic mass is 9.96. The number of hydrogen-bond acceptors (Lipinski definition) is 3. The summed E-state index contributed by atoms with van der Waals surface area (Å²) < 4.78 is 5.85. The van der Waals surface area contributed by atoms with E-state index in [1.54, 1.807) is 4.90 Å². The van der Waals surface area contributed by atoms with E-state index in [0.29, 0.717) is 24.9 Å². The topological polar surface area (TPSA) is 62.6 Å². The second-order valence-electron chi connectivity index (χ2n) is 7.43. The van der Waals surface area contributed by atoms with Crippen molar-refractivity contribution in [3.8, 4) is 0 Å². The van der Waals surface area contributed by atoms with Crippen LogP contribution in [0.15, 0.2) is 22.6 Å². The molecule has 0 spiro atoms. The van der Waals surface area contributed by atoms with E-state index < -0.39 is 0 Å². The minimum atomic E-state index is -0.106. The van der Waals surface area contributed by atoms with E-state index in [-0.39, 0.29) is 17.7 Å². The van der Waals surface area contributed by atoms with Crippen molar-refractivity contribution in [3.05, 3.63) is 35.1 Å². The Morgan fingerprint density at radius 3 is 2.76 bits per heavy atom. The maximum absolute atomic E-state index is 13.0. The number of aryl methyl sites for hydroxylation is 2. The standard InChI is InChI=1S/C20H24N2O3/c1-12-5-8-17-16(10-12)13(2)18(25-17)20(24)22-9-3-4-14(11-22)19(23)21-15-6-7-15/h5,8,10,14-15H,3-4,6-7,9,11H2,1-2H3,(H,21,23)/t14-/m0/s1. The van der Waals surface area contributed by atoms with Crippen molar-refractivity contribution in [2.45, 2.75) is 45.6 Å². The van der Waals surface area contributed by atoms with E-state index in [9.17, 15) is 9.59 Å². The molecule has 2 fully saturated rings. The predicted octanol–water partition coefficient (Wildman–Crippen LogP) is 3.18. The summed E-state index contributed by atoms with van der Waals surface area (Å²) in [5, 5.41) is 4.05. The Balaban J connectivity index is 1.53. The van der Waals surface area contributed by atoms with Crippen molar-refractivity contribution < 1.29 is 14.0 Å². The van der Waals surface area contributed by atoms with Crippen molar-refractivity contribution >= 4 is 22.8 Å². The van der Waals surface area contributed by atoms with Gasteiger partial charge in [0.1, 0.15) is 5.58 Å². The minimum absolute atomic E-state index is 0.0944. The Hall–Kier alpha value is -2.30. The Morgan fingerprint density at radius 1 is 1.20 bits per heavy atom. The average Bonchev–Trinajstić information content (AvgIpc) is 3.37. The third kappa shape index (κ3) is 3.15. The van der Waals surface area contributed by atoms with Gasteiger partial charge in [0.25, 0.3) is 5.91 Å². The third-order valence-electron chi connectivity index (χ3n) is 5.29. The first-order chi connectivity index (χ1) is 12.0. The predicted molar refractivity (Wildman–Crippen MR) is 95.5 cm³/mol. The molecule has 1 aliphatic carbocycles. The summed E-state index contributed by atoms with van der Waals surface area (Å²) in [4.78, 5) is 27.1. The van der Waals surface area contributed by atoms with E-state index >= 15 is 0 Å². The van der Waals surface area contributed by atoms with E-state index in [1.807, 2.05) is 32.0 Å². The molecule has 4 rings (SSSR count). The lowest BCUT2D eigenvalue weighted by molar-refractivity contribution is -0.126. The highest BCUT2D eigenvalue weighted by Gasteiger charge is 2.33. The summed E-state index contributed by atoms with van der Waals surface area (Å²) in [5.74, 6) is 0.293. The molecule has 1 aliphatic heterocycles. The van der Waals surface area contributed by atoms with Crippen molar-refractivity contribution in [2.24, 2.45) is 5.92 Å². The number of benzene rings is 1. The van der Waals surface area contributed by atoms with Crippen LogP contribution < -0.4 is 5.32 Å². The second-order valence-corrected chi connectivity index (χ2v) is 7.43. The quantitative estimate of drug-likeness (QED) is 0.933. The number of amides is 2. The number of nitrogens with zero attached hydrogens (tertiary/aromatic N) is 1.